The van der Waals surface area contributed by atoms with Crippen LogP contribution in [0, 0.1) is 34.5 Å². The Kier molecular flexibility index (Phi) is 2.88. The topological polar surface area (TPSA) is 66.5 Å². The van der Waals surface area contributed by atoms with E-state index in [1.165, 1.54) is 0 Å². The third-order valence-electron chi connectivity index (χ3n) is 7.44. The molecule has 3 heteroatoms. The lowest BCUT2D eigenvalue weighted by molar-refractivity contribution is -0.122. The molecule has 120 valence electrons. The van der Waals surface area contributed by atoms with Crippen LogP contribution in [0.25, 0.3) is 0 Å². The first-order valence-corrected chi connectivity index (χ1v) is 8.60. The second-order valence-corrected chi connectivity index (χ2v) is 8.35. The van der Waals surface area contributed by atoms with Crippen molar-refractivity contribution in [3.8, 4) is 0 Å². The summed E-state index contributed by atoms with van der Waals surface area (Å²) in [6.45, 7) is 4.52. The molecule has 7 atom stereocenters. The number of hydrogen-bond donors (Lipinski definition) is 3. The summed E-state index contributed by atoms with van der Waals surface area (Å²) in [6.07, 6.45) is 12.0. The average Bonchev–Trinajstić information content (AvgIpc) is 2.77. The molecule has 22 heavy (non-hydrogen) atoms. The van der Waals surface area contributed by atoms with Gasteiger partial charge >= 0.3 is 0 Å². The zero-order valence-electron chi connectivity index (χ0n) is 13.5. The van der Waals surface area contributed by atoms with Crippen LogP contribution in [0.4, 0.5) is 0 Å². The highest BCUT2D eigenvalue weighted by atomic mass is 16.3. The summed E-state index contributed by atoms with van der Waals surface area (Å²) in [6, 6.07) is 0. The molecular formula is C19H27NO2. The van der Waals surface area contributed by atoms with Crippen LogP contribution in [0.1, 0.15) is 39.5 Å². The first kappa shape index (κ1) is 14.4. The smallest absolute Gasteiger partial charge is 0.0944 e. The quantitative estimate of drug-likeness (QED) is 0.643. The number of nitrogens with two attached hydrogens (primary N) is 1. The van der Waals surface area contributed by atoms with Crippen molar-refractivity contribution in [2.75, 3.05) is 0 Å². The van der Waals surface area contributed by atoms with Gasteiger partial charge in [0.1, 0.15) is 0 Å². The second kappa shape index (κ2) is 4.41. The Morgan fingerprint density at radius 2 is 2.05 bits per heavy atom. The molecule has 4 rings (SSSR count). The highest BCUT2D eigenvalue weighted by molar-refractivity contribution is 5.30. The number of aliphatic hydroxyl groups is 2. The minimum atomic E-state index is -0.289. The minimum absolute atomic E-state index is 0.0896. The van der Waals surface area contributed by atoms with Crippen molar-refractivity contribution in [2.24, 2.45) is 40.2 Å². The van der Waals surface area contributed by atoms with Crippen molar-refractivity contribution in [3.63, 3.8) is 0 Å². The lowest BCUT2D eigenvalue weighted by Gasteiger charge is -2.59. The summed E-state index contributed by atoms with van der Waals surface area (Å²) in [5.41, 5.74) is 6.78. The molecule has 0 heterocycles. The van der Waals surface area contributed by atoms with Crippen LogP contribution in [-0.2, 0) is 0 Å². The Morgan fingerprint density at radius 1 is 1.27 bits per heavy atom. The fourth-order valence-electron chi connectivity index (χ4n) is 6.01. The summed E-state index contributed by atoms with van der Waals surface area (Å²) in [4.78, 5) is 0. The van der Waals surface area contributed by atoms with Gasteiger partial charge < -0.3 is 15.9 Å². The third kappa shape index (κ3) is 1.66. The molecular weight excluding hydrogens is 274 g/mol. The summed E-state index contributed by atoms with van der Waals surface area (Å²) in [7, 11) is 0. The first-order chi connectivity index (χ1) is 10.4. The molecule has 0 spiro atoms. The number of rotatable bonds is 0. The van der Waals surface area contributed by atoms with Gasteiger partial charge in [-0.1, -0.05) is 26.0 Å². The Labute approximate surface area is 132 Å². The maximum absolute atomic E-state index is 10.9. The van der Waals surface area contributed by atoms with E-state index in [1.54, 1.807) is 0 Å². The van der Waals surface area contributed by atoms with Crippen LogP contribution in [-0.4, -0.2) is 16.3 Å². The Bertz CT molecular complexity index is 592. The number of fused-ring (bicyclic) bond motifs is 5. The van der Waals surface area contributed by atoms with Crippen molar-refractivity contribution in [1.29, 1.82) is 0 Å². The molecule has 0 aromatic rings. The second-order valence-electron chi connectivity index (χ2n) is 8.35. The van der Waals surface area contributed by atoms with Crippen LogP contribution < -0.4 is 5.73 Å². The van der Waals surface area contributed by atoms with E-state index in [2.05, 4.69) is 26.0 Å². The molecule has 0 bridgehead atoms. The molecule has 0 amide bonds. The predicted octanol–water partition coefficient (Wildman–Crippen LogP) is 3.28. The van der Waals surface area contributed by atoms with Gasteiger partial charge in [-0.3, -0.25) is 0 Å². The summed E-state index contributed by atoms with van der Waals surface area (Å²) >= 11 is 0. The fourth-order valence-corrected chi connectivity index (χ4v) is 6.01. The Balaban J connectivity index is 1.73. The molecule has 0 aromatic heterocycles. The molecule has 2 fully saturated rings. The molecule has 4 N–H and O–H groups in total. The number of hydrogen-bond acceptors (Lipinski definition) is 3. The Morgan fingerprint density at radius 3 is 2.82 bits per heavy atom. The van der Waals surface area contributed by atoms with Gasteiger partial charge in [0.15, 0.2) is 0 Å². The van der Waals surface area contributed by atoms with Gasteiger partial charge in [0, 0.05) is 11.1 Å². The molecule has 4 aliphatic rings. The van der Waals surface area contributed by atoms with Crippen molar-refractivity contribution < 1.29 is 10.2 Å². The van der Waals surface area contributed by atoms with Gasteiger partial charge in [0.2, 0.25) is 0 Å². The van der Waals surface area contributed by atoms with Crippen LogP contribution in [0.15, 0.2) is 35.8 Å². The molecule has 3 nitrogen and oxygen atoms in total. The summed E-state index contributed by atoms with van der Waals surface area (Å²) in [5, 5.41) is 21.2. The van der Waals surface area contributed by atoms with Crippen LogP contribution in [0.2, 0.25) is 0 Å². The van der Waals surface area contributed by atoms with Gasteiger partial charge in [-0.15, -0.1) is 0 Å². The summed E-state index contributed by atoms with van der Waals surface area (Å²) in [5.74, 6) is 2.01. The largest absolute Gasteiger partial charge is 0.512 e. The van der Waals surface area contributed by atoms with E-state index >= 15 is 0 Å². The molecule has 2 saturated carbocycles. The van der Waals surface area contributed by atoms with Gasteiger partial charge in [-0.25, -0.2) is 0 Å². The van der Waals surface area contributed by atoms with E-state index in [0.717, 1.165) is 31.4 Å². The van der Waals surface area contributed by atoms with E-state index in [9.17, 15) is 10.2 Å². The Hall–Kier alpha value is -1.22. The van der Waals surface area contributed by atoms with Gasteiger partial charge in [0.25, 0.3) is 0 Å². The van der Waals surface area contributed by atoms with Crippen molar-refractivity contribution in [1.82, 2.24) is 0 Å². The zero-order valence-corrected chi connectivity index (χ0v) is 13.5. The normalized spacial score (nSPS) is 53.1. The molecule has 0 aliphatic heterocycles. The monoisotopic (exact) mass is 301 g/mol. The van der Waals surface area contributed by atoms with E-state index in [1.807, 2.05) is 12.2 Å². The number of allylic oxidation sites excluding steroid dienone is 5. The van der Waals surface area contributed by atoms with Crippen LogP contribution >= 0.6 is 0 Å². The van der Waals surface area contributed by atoms with E-state index < -0.39 is 0 Å². The van der Waals surface area contributed by atoms with Crippen molar-refractivity contribution in [2.45, 2.75) is 45.6 Å². The average molecular weight is 301 g/mol. The SMILES string of the molecule is C[C@]12C=CC(N)=CC1C[C@H](O)[C@@H]1[C@@H]2CC[C@]2(C)C(O)=CC[C@@H]12. The van der Waals surface area contributed by atoms with Gasteiger partial charge in [-0.05, 0) is 66.9 Å². The lowest BCUT2D eigenvalue weighted by atomic mass is 9.46. The number of aliphatic hydroxyl groups excluding tert-OH is 2. The molecule has 0 saturated heterocycles. The highest BCUT2D eigenvalue weighted by Gasteiger charge is 2.60. The van der Waals surface area contributed by atoms with Crippen LogP contribution in [0.5, 0.6) is 0 Å². The standard InChI is InChI=1S/C19H27NO2/c1-18-7-5-12(20)9-11(18)10-15(21)17-13-3-4-16(22)19(13,2)8-6-14(17)18/h4-5,7,9,11,13-15,17,21-22H,3,6,8,10,20H2,1-2H3/t11?,13-,14-,15-,17-,18-,19-/m0/s1. The highest BCUT2D eigenvalue weighted by Crippen LogP contribution is 2.64. The minimum Gasteiger partial charge on any atom is -0.512 e. The van der Waals surface area contributed by atoms with E-state index in [0.29, 0.717) is 23.5 Å². The predicted molar refractivity (Wildman–Crippen MR) is 86.8 cm³/mol. The third-order valence-corrected chi connectivity index (χ3v) is 7.44. The van der Waals surface area contributed by atoms with Gasteiger partial charge in [0.05, 0.1) is 11.9 Å². The van der Waals surface area contributed by atoms with Crippen molar-refractivity contribution >= 4 is 0 Å². The molecule has 1 unspecified atom stereocenters. The molecule has 4 aliphatic carbocycles. The van der Waals surface area contributed by atoms with E-state index in [-0.39, 0.29) is 22.9 Å². The zero-order chi connectivity index (χ0) is 15.7. The summed E-state index contributed by atoms with van der Waals surface area (Å²) < 4.78 is 0. The van der Waals surface area contributed by atoms with Crippen molar-refractivity contribution in [3.05, 3.63) is 35.8 Å². The van der Waals surface area contributed by atoms with E-state index in [4.69, 9.17) is 5.73 Å². The maximum atomic E-state index is 10.9. The first-order valence-electron chi connectivity index (χ1n) is 8.60. The molecule has 0 aromatic carbocycles. The lowest BCUT2D eigenvalue weighted by Crippen LogP contribution is -2.56. The van der Waals surface area contributed by atoms with Gasteiger partial charge in [-0.2, -0.15) is 0 Å². The van der Waals surface area contributed by atoms with Crippen LogP contribution in [0.3, 0.4) is 0 Å². The fraction of sp³-hybridized carbons (Fsp3) is 0.684. The maximum Gasteiger partial charge on any atom is 0.0944 e. The molecule has 0 radical (unpaired) electrons.